The Labute approximate surface area is 92.6 Å². The number of rotatable bonds is 7. The van der Waals surface area contributed by atoms with Gasteiger partial charge in [-0.1, -0.05) is 27.7 Å². The molecule has 0 aromatic rings. The first-order chi connectivity index (χ1) is 6.95. The summed E-state index contributed by atoms with van der Waals surface area (Å²) in [5.74, 6) is 0.596. The lowest BCUT2D eigenvalue weighted by Gasteiger charge is -2.15. The molecule has 0 aromatic carbocycles. The molecule has 0 fully saturated rings. The molecule has 1 amide bonds. The molecule has 0 aromatic heterocycles. The summed E-state index contributed by atoms with van der Waals surface area (Å²) >= 11 is 0. The number of amides is 1. The van der Waals surface area contributed by atoms with Crippen LogP contribution in [0.4, 0.5) is 0 Å². The first-order valence-corrected chi connectivity index (χ1v) is 5.56. The lowest BCUT2D eigenvalue weighted by atomic mass is 10.1. The minimum Gasteiger partial charge on any atom is -0.379 e. The summed E-state index contributed by atoms with van der Waals surface area (Å²) in [5.41, 5.74) is 5.67. The van der Waals surface area contributed by atoms with Crippen molar-refractivity contribution >= 4 is 5.91 Å². The van der Waals surface area contributed by atoms with E-state index in [1.165, 1.54) is 0 Å². The van der Waals surface area contributed by atoms with Gasteiger partial charge in [-0.25, -0.2) is 0 Å². The van der Waals surface area contributed by atoms with Crippen molar-refractivity contribution in [3.63, 3.8) is 0 Å². The minimum atomic E-state index is -0.421. The van der Waals surface area contributed by atoms with E-state index in [4.69, 9.17) is 10.5 Å². The summed E-state index contributed by atoms with van der Waals surface area (Å²) in [6.07, 6.45) is 0. The van der Waals surface area contributed by atoms with Gasteiger partial charge >= 0.3 is 0 Å². The summed E-state index contributed by atoms with van der Waals surface area (Å²) in [6, 6.07) is -0.421. The van der Waals surface area contributed by atoms with Crippen LogP contribution in [-0.2, 0) is 9.53 Å². The van der Waals surface area contributed by atoms with Crippen LogP contribution in [0.15, 0.2) is 0 Å². The lowest BCUT2D eigenvalue weighted by molar-refractivity contribution is -0.123. The summed E-state index contributed by atoms with van der Waals surface area (Å²) in [5, 5.41) is 2.75. The van der Waals surface area contributed by atoms with E-state index in [9.17, 15) is 4.79 Å². The van der Waals surface area contributed by atoms with Crippen LogP contribution in [0, 0.1) is 11.8 Å². The van der Waals surface area contributed by atoms with Gasteiger partial charge in [-0.15, -0.1) is 0 Å². The van der Waals surface area contributed by atoms with E-state index < -0.39 is 6.04 Å². The molecule has 90 valence electrons. The van der Waals surface area contributed by atoms with Crippen molar-refractivity contribution < 1.29 is 9.53 Å². The molecule has 0 saturated carbocycles. The molecular weight excluding hydrogens is 192 g/mol. The van der Waals surface area contributed by atoms with Gasteiger partial charge in [0.25, 0.3) is 0 Å². The van der Waals surface area contributed by atoms with Crippen LogP contribution in [-0.4, -0.2) is 31.7 Å². The van der Waals surface area contributed by atoms with Crippen molar-refractivity contribution in [2.45, 2.75) is 33.7 Å². The minimum absolute atomic E-state index is 0.0989. The highest BCUT2D eigenvalue weighted by Gasteiger charge is 2.15. The molecule has 0 radical (unpaired) electrons. The van der Waals surface area contributed by atoms with Crippen LogP contribution >= 0.6 is 0 Å². The van der Waals surface area contributed by atoms with Crippen molar-refractivity contribution in [3.05, 3.63) is 0 Å². The maximum absolute atomic E-state index is 11.4. The number of nitrogens with one attached hydrogen (secondary N) is 1. The average Bonchev–Trinajstić information content (AvgIpc) is 2.15. The van der Waals surface area contributed by atoms with Gasteiger partial charge in [0, 0.05) is 13.2 Å². The van der Waals surface area contributed by atoms with E-state index >= 15 is 0 Å². The predicted molar refractivity (Wildman–Crippen MR) is 61.5 cm³/mol. The van der Waals surface area contributed by atoms with Gasteiger partial charge in [0.1, 0.15) is 0 Å². The molecule has 1 unspecified atom stereocenters. The summed E-state index contributed by atoms with van der Waals surface area (Å²) in [4.78, 5) is 11.4. The molecular formula is C11H24N2O2. The SMILES string of the molecule is CC(C)COCCNC(=O)C(N)C(C)C. The maximum Gasteiger partial charge on any atom is 0.237 e. The van der Waals surface area contributed by atoms with Crippen LogP contribution in [0.1, 0.15) is 27.7 Å². The molecule has 0 aliphatic heterocycles. The lowest BCUT2D eigenvalue weighted by Crippen LogP contribution is -2.44. The zero-order valence-corrected chi connectivity index (χ0v) is 10.2. The van der Waals surface area contributed by atoms with E-state index in [2.05, 4.69) is 19.2 Å². The Balaban J connectivity index is 3.47. The third kappa shape index (κ3) is 7.33. The van der Waals surface area contributed by atoms with E-state index in [0.717, 1.165) is 6.61 Å². The molecule has 4 heteroatoms. The zero-order valence-electron chi connectivity index (χ0n) is 10.2. The third-order valence-electron chi connectivity index (χ3n) is 2.02. The second-order valence-electron chi connectivity index (χ2n) is 4.53. The summed E-state index contributed by atoms with van der Waals surface area (Å²) < 4.78 is 5.33. The normalized spacial score (nSPS) is 13.3. The van der Waals surface area contributed by atoms with Gasteiger partial charge in [-0.3, -0.25) is 4.79 Å². The van der Waals surface area contributed by atoms with Crippen LogP contribution in [0.3, 0.4) is 0 Å². The first kappa shape index (κ1) is 14.4. The molecule has 4 nitrogen and oxygen atoms in total. The monoisotopic (exact) mass is 216 g/mol. The Bertz CT molecular complexity index is 181. The van der Waals surface area contributed by atoms with Gasteiger partial charge in [0.15, 0.2) is 0 Å². The van der Waals surface area contributed by atoms with Crippen molar-refractivity contribution in [1.82, 2.24) is 5.32 Å². The summed E-state index contributed by atoms with van der Waals surface area (Å²) in [6.45, 7) is 9.85. The number of carbonyl (C=O) groups is 1. The van der Waals surface area contributed by atoms with Crippen molar-refractivity contribution in [1.29, 1.82) is 0 Å². The van der Waals surface area contributed by atoms with E-state index in [-0.39, 0.29) is 11.8 Å². The third-order valence-corrected chi connectivity index (χ3v) is 2.02. The Morgan fingerprint density at radius 1 is 1.33 bits per heavy atom. The number of carbonyl (C=O) groups excluding carboxylic acids is 1. The molecule has 0 heterocycles. The van der Waals surface area contributed by atoms with Crippen molar-refractivity contribution in [2.24, 2.45) is 17.6 Å². The molecule has 3 N–H and O–H groups in total. The van der Waals surface area contributed by atoms with Gasteiger partial charge in [-0.2, -0.15) is 0 Å². The molecule has 0 spiro atoms. The molecule has 15 heavy (non-hydrogen) atoms. The number of nitrogens with two attached hydrogens (primary N) is 1. The topological polar surface area (TPSA) is 64.3 Å². The molecule has 0 aliphatic rings. The van der Waals surface area contributed by atoms with Gasteiger partial charge < -0.3 is 15.8 Å². The maximum atomic E-state index is 11.4. The summed E-state index contributed by atoms with van der Waals surface area (Å²) in [7, 11) is 0. The van der Waals surface area contributed by atoms with E-state index in [1.807, 2.05) is 13.8 Å². The van der Waals surface area contributed by atoms with Crippen LogP contribution in [0.25, 0.3) is 0 Å². The number of hydrogen-bond donors (Lipinski definition) is 2. The quantitative estimate of drug-likeness (QED) is 0.617. The van der Waals surface area contributed by atoms with Gasteiger partial charge in [-0.05, 0) is 11.8 Å². The van der Waals surface area contributed by atoms with Crippen LogP contribution < -0.4 is 11.1 Å². The standard InChI is InChI=1S/C11H24N2O2/c1-8(2)7-15-6-5-13-11(14)10(12)9(3)4/h8-10H,5-7,12H2,1-4H3,(H,13,14). The average molecular weight is 216 g/mol. The highest BCUT2D eigenvalue weighted by atomic mass is 16.5. The smallest absolute Gasteiger partial charge is 0.237 e. The van der Waals surface area contributed by atoms with Crippen LogP contribution in [0.2, 0.25) is 0 Å². The zero-order chi connectivity index (χ0) is 11.8. The molecule has 1 atom stereocenters. The number of ether oxygens (including phenoxy) is 1. The van der Waals surface area contributed by atoms with Gasteiger partial charge in [0.2, 0.25) is 5.91 Å². The highest BCUT2D eigenvalue weighted by Crippen LogP contribution is 1.97. The fraction of sp³-hybridized carbons (Fsp3) is 0.909. The predicted octanol–water partition coefficient (Wildman–Crippen LogP) is 0.759. The fourth-order valence-electron chi connectivity index (χ4n) is 0.986. The van der Waals surface area contributed by atoms with E-state index in [0.29, 0.717) is 19.1 Å². The Morgan fingerprint density at radius 2 is 1.93 bits per heavy atom. The first-order valence-electron chi connectivity index (χ1n) is 5.56. The van der Waals surface area contributed by atoms with Crippen molar-refractivity contribution in [2.75, 3.05) is 19.8 Å². The van der Waals surface area contributed by atoms with Crippen LogP contribution in [0.5, 0.6) is 0 Å². The second kappa shape index (κ2) is 7.65. The van der Waals surface area contributed by atoms with Crippen molar-refractivity contribution in [3.8, 4) is 0 Å². The van der Waals surface area contributed by atoms with Gasteiger partial charge in [0.05, 0.1) is 12.6 Å². The second-order valence-corrected chi connectivity index (χ2v) is 4.53. The Kier molecular flexibility index (Phi) is 7.34. The van der Waals surface area contributed by atoms with E-state index in [1.54, 1.807) is 0 Å². The Morgan fingerprint density at radius 3 is 2.40 bits per heavy atom. The molecule has 0 saturated heterocycles. The fourth-order valence-corrected chi connectivity index (χ4v) is 0.986. The largest absolute Gasteiger partial charge is 0.379 e. The molecule has 0 aliphatic carbocycles. The Hall–Kier alpha value is -0.610. The molecule has 0 bridgehead atoms. The highest BCUT2D eigenvalue weighted by molar-refractivity contribution is 5.81. The number of hydrogen-bond acceptors (Lipinski definition) is 3. The molecule has 0 rings (SSSR count).